The maximum atomic E-state index is 9.37. The number of phenolic OH excluding ortho intramolecular Hbond substituents is 1. The van der Waals surface area contributed by atoms with Crippen molar-refractivity contribution in [2.75, 3.05) is 6.54 Å². The number of fused-ring (bicyclic) bond motifs is 1. The van der Waals surface area contributed by atoms with E-state index in [0.717, 1.165) is 24.0 Å². The molecule has 1 aromatic heterocycles. The van der Waals surface area contributed by atoms with E-state index in [1.165, 1.54) is 12.8 Å². The number of aromatic hydroxyl groups is 1. The van der Waals surface area contributed by atoms with E-state index < -0.39 is 0 Å². The molecule has 1 aromatic carbocycles. The van der Waals surface area contributed by atoms with Crippen LogP contribution in [0.2, 0.25) is 0 Å². The Hall–Kier alpha value is -1.55. The summed E-state index contributed by atoms with van der Waals surface area (Å²) in [5.41, 5.74) is 1.09. The Labute approximate surface area is 93.9 Å². The van der Waals surface area contributed by atoms with Gasteiger partial charge in [0, 0.05) is 11.4 Å². The molecule has 0 radical (unpaired) electrons. The predicted octanol–water partition coefficient (Wildman–Crippen LogP) is 1.49. The molecule has 1 aliphatic rings. The van der Waals surface area contributed by atoms with Crippen LogP contribution in [0.3, 0.4) is 0 Å². The fourth-order valence-electron chi connectivity index (χ4n) is 2.34. The topological polar surface area (TPSA) is 50.1 Å². The Morgan fingerprint density at radius 2 is 2.44 bits per heavy atom. The minimum atomic E-state index is 0.297. The second-order valence-corrected chi connectivity index (χ2v) is 4.36. The van der Waals surface area contributed by atoms with Gasteiger partial charge in [0.25, 0.3) is 0 Å². The van der Waals surface area contributed by atoms with Crippen molar-refractivity contribution in [3.63, 3.8) is 0 Å². The van der Waals surface area contributed by atoms with Crippen LogP contribution in [0, 0.1) is 0 Å². The standard InChI is InChI=1S/C12H15N3O/c16-11-3-4-12-9(6-11)7-14-15(12)8-10-2-1-5-13-10/h3-4,6-7,10,13,16H,1-2,5,8H2. The van der Waals surface area contributed by atoms with Crippen molar-refractivity contribution in [1.82, 2.24) is 15.1 Å². The summed E-state index contributed by atoms with van der Waals surface area (Å²) in [4.78, 5) is 0. The van der Waals surface area contributed by atoms with Crippen molar-refractivity contribution >= 4 is 10.9 Å². The number of nitrogens with zero attached hydrogens (tertiary/aromatic N) is 2. The van der Waals surface area contributed by atoms with Crippen LogP contribution in [0.1, 0.15) is 12.8 Å². The van der Waals surface area contributed by atoms with Gasteiger partial charge in [-0.1, -0.05) is 0 Å². The highest BCUT2D eigenvalue weighted by Crippen LogP contribution is 2.20. The van der Waals surface area contributed by atoms with Gasteiger partial charge in [0.1, 0.15) is 5.75 Å². The Bertz CT molecular complexity index is 500. The predicted molar refractivity (Wildman–Crippen MR) is 62.4 cm³/mol. The van der Waals surface area contributed by atoms with Gasteiger partial charge in [-0.2, -0.15) is 5.10 Å². The number of rotatable bonds is 2. The minimum Gasteiger partial charge on any atom is -0.508 e. The quantitative estimate of drug-likeness (QED) is 0.801. The molecule has 1 unspecified atom stereocenters. The van der Waals surface area contributed by atoms with E-state index in [1.54, 1.807) is 12.1 Å². The molecule has 0 saturated carbocycles. The van der Waals surface area contributed by atoms with Crippen LogP contribution in [0.5, 0.6) is 5.75 Å². The van der Waals surface area contributed by atoms with E-state index >= 15 is 0 Å². The molecule has 0 bridgehead atoms. The lowest BCUT2D eigenvalue weighted by Crippen LogP contribution is -2.27. The van der Waals surface area contributed by atoms with E-state index in [4.69, 9.17) is 0 Å². The number of nitrogens with one attached hydrogen (secondary N) is 1. The van der Waals surface area contributed by atoms with Crippen molar-refractivity contribution in [2.24, 2.45) is 0 Å². The van der Waals surface area contributed by atoms with Crippen LogP contribution in [0.15, 0.2) is 24.4 Å². The molecule has 4 heteroatoms. The molecular formula is C12H15N3O. The Balaban J connectivity index is 1.91. The van der Waals surface area contributed by atoms with Crippen molar-refractivity contribution in [1.29, 1.82) is 0 Å². The van der Waals surface area contributed by atoms with Gasteiger partial charge >= 0.3 is 0 Å². The number of phenols is 1. The van der Waals surface area contributed by atoms with Crippen LogP contribution >= 0.6 is 0 Å². The van der Waals surface area contributed by atoms with E-state index in [-0.39, 0.29) is 0 Å². The largest absolute Gasteiger partial charge is 0.508 e. The second kappa shape index (κ2) is 3.79. The molecule has 1 aliphatic heterocycles. The summed E-state index contributed by atoms with van der Waals surface area (Å²) in [6.07, 6.45) is 4.29. The van der Waals surface area contributed by atoms with Gasteiger partial charge in [-0.05, 0) is 37.6 Å². The van der Waals surface area contributed by atoms with Gasteiger partial charge in [-0.15, -0.1) is 0 Å². The van der Waals surface area contributed by atoms with Gasteiger partial charge < -0.3 is 10.4 Å². The van der Waals surface area contributed by atoms with Gasteiger partial charge in [0.05, 0.1) is 18.3 Å². The molecule has 16 heavy (non-hydrogen) atoms. The lowest BCUT2D eigenvalue weighted by molar-refractivity contribution is 0.475. The van der Waals surface area contributed by atoms with Crippen molar-refractivity contribution in [3.8, 4) is 5.75 Å². The summed E-state index contributed by atoms with van der Waals surface area (Å²) >= 11 is 0. The first kappa shape index (κ1) is 9.66. The molecule has 0 amide bonds. The zero-order valence-electron chi connectivity index (χ0n) is 9.06. The molecule has 3 rings (SSSR count). The third kappa shape index (κ3) is 1.65. The highest BCUT2D eigenvalue weighted by atomic mass is 16.3. The van der Waals surface area contributed by atoms with E-state index in [1.807, 2.05) is 16.9 Å². The van der Waals surface area contributed by atoms with Crippen LogP contribution in [0.4, 0.5) is 0 Å². The molecule has 84 valence electrons. The molecule has 0 aliphatic carbocycles. The van der Waals surface area contributed by atoms with Crippen molar-refractivity contribution in [3.05, 3.63) is 24.4 Å². The number of hydrogen-bond acceptors (Lipinski definition) is 3. The number of hydrogen-bond donors (Lipinski definition) is 2. The SMILES string of the molecule is Oc1ccc2c(cnn2CC2CCCN2)c1. The third-order valence-corrected chi connectivity index (χ3v) is 3.18. The normalized spacial score (nSPS) is 20.6. The summed E-state index contributed by atoms with van der Waals surface area (Å²) in [5.74, 6) is 0.297. The first-order chi connectivity index (χ1) is 7.83. The van der Waals surface area contributed by atoms with Crippen LogP contribution in [-0.4, -0.2) is 27.5 Å². The molecule has 2 aromatic rings. The zero-order valence-corrected chi connectivity index (χ0v) is 9.06. The lowest BCUT2D eigenvalue weighted by Gasteiger charge is -2.10. The molecule has 2 heterocycles. The van der Waals surface area contributed by atoms with Gasteiger partial charge in [0.15, 0.2) is 0 Å². The minimum absolute atomic E-state index is 0.297. The monoisotopic (exact) mass is 217 g/mol. The number of benzene rings is 1. The Morgan fingerprint density at radius 3 is 3.25 bits per heavy atom. The summed E-state index contributed by atoms with van der Waals surface area (Å²) in [6, 6.07) is 5.92. The first-order valence-corrected chi connectivity index (χ1v) is 5.71. The second-order valence-electron chi connectivity index (χ2n) is 4.36. The van der Waals surface area contributed by atoms with Crippen molar-refractivity contribution < 1.29 is 5.11 Å². The van der Waals surface area contributed by atoms with Crippen LogP contribution < -0.4 is 5.32 Å². The summed E-state index contributed by atoms with van der Waals surface area (Å²) < 4.78 is 2.01. The van der Waals surface area contributed by atoms with Crippen LogP contribution in [0.25, 0.3) is 10.9 Å². The average molecular weight is 217 g/mol. The third-order valence-electron chi connectivity index (χ3n) is 3.18. The molecule has 2 N–H and O–H groups in total. The van der Waals surface area contributed by atoms with E-state index in [2.05, 4.69) is 10.4 Å². The van der Waals surface area contributed by atoms with Gasteiger partial charge in [-0.3, -0.25) is 4.68 Å². The van der Waals surface area contributed by atoms with Crippen LogP contribution in [-0.2, 0) is 6.54 Å². The van der Waals surface area contributed by atoms with E-state index in [0.29, 0.717) is 11.8 Å². The highest BCUT2D eigenvalue weighted by molar-refractivity contribution is 5.80. The fraction of sp³-hybridized carbons (Fsp3) is 0.417. The molecule has 1 atom stereocenters. The van der Waals surface area contributed by atoms with Gasteiger partial charge in [-0.25, -0.2) is 0 Å². The zero-order chi connectivity index (χ0) is 11.0. The fourth-order valence-corrected chi connectivity index (χ4v) is 2.34. The molecule has 4 nitrogen and oxygen atoms in total. The molecule has 0 spiro atoms. The van der Waals surface area contributed by atoms with Crippen molar-refractivity contribution in [2.45, 2.75) is 25.4 Å². The maximum absolute atomic E-state index is 9.37. The average Bonchev–Trinajstić information content (AvgIpc) is 2.89. The van der Waals surface area contributed by atoms with E-state index in [9.17, 15) is 5.11 Å². The lowest BCUT2D eigenvalue weighted by atomic mass is 10.2. The molecule has 1 fully saturated rings. The summed E-state index contributed by atoms with van der Waals surface area (Å²) in [7, 11) is 0. The first-order valence-electron chi connectivity index (χ1n) is 5.71. The summed E-state index contributed by atoms with van der Waals surface area (Å²) in [5, 5.41) is 18.2. The summed E-state index contributed by atoms with van der Waals surface area (Å²) in [6.45, 7) is 2.03. The number of aromatic nitrogens is 2. The highest BCUT2D eigenvalue weighted by Gasteiger charge is 2.15. The smallest absolute Gasteiger partial charge is 0.116 e. The Kier molecular flexibility index (Phi) is 2.29. The maximum Gasteiger partial charge on any atom is 0.116 e. The molecular weight excluding hydrogens is 202 g/mol. The van der Waals surface area contributed by atoms with Gasteiger partial charge in [0.2, 0.25) is 0 Å². The Morgan fingerprint density at radius 1 is 1.50 bits per heavy atom. The molecule has 1 saturated heterocycles.